The minimum Gasteiger partial charge on any atom is -0.339 e. The van der Waals surface area contributed by atoms with Crippen molar-refractivity contribution in [2.24, 2.45) is 18.7 Å². The number of nitrogens with one attached hydrogen (secondary N) is 1. The van der Waals surface area contributed by atoms with Gasteiger partial charge in [-0.25, -0.2) is 9.78 Å². The minimum absolute atomic E-state index is 0.315. The Morgan fingerprint density at radius 2 is 2.00 bits per heavy atom. The lowest BCUT2D eigenvalue weighted by Crippen LogP contribution is -2.38. The molecule has 7 nitrogen and oxygen atoms in total. The van der Waals surface area contributed by atoms with E-state index >= 15 is 0 Å². The van der Waals surface area contributed by atoms with Crippen LogP contribution in [0.2, 0.25) is 0 Å². The van der Waals surface area contributed by atoms with Crippen LogP contribution in [0.5, 0.6) is 0 Å². The second kappa shape index (κ2) is 5.63. The van der Waals surface area contributed by atoms with Gasteiger partial charge in [-0.3, -0.25) is 13.9 Å². The summed E-state index contributed by atoms with van der Waals surface area (Å²) in [6.45, 7) is 4.57. The third-order valence-corrected chi connectivity index (χ3v) is 2.46. The van der Waals surface area contributed by atoms with Crippen LogP contribution in [-0.4, -0.2) is 26.1 Å². The number of nitrogens with zero attached hydrogens (tertiary/aromatic N) is 3. The van der Waals surface area contributed by atoms with E-state index in [4.69, 9.17) is 0 Å². The van der Waals surface area contributed by atoms with E-state index in [9.17, 15) is 9.59 Å². The van der Waals surface area contributed by atoms with E-state index < -0.39 is 0 Å². The summed E-state index contributed by atoms with van der Waals surface area (Å²) < 4.78 is 2.63. The molecule has 2 rings (SSSR count). The minimum atomic E-state index is -0.336. The molecular weight excluding hydrogens is 234 g/mol. The maximum atomic E-state index is 11.9. The number of rotatable bonds is 2. The molecule has 100 valence electrons. The molecule has 0 aliphatic carbocycles. The van der Waals surface area contributed by atoms with Crippen molar-refractivity contribution in [3.05, 3.63) is 27.2 Å². The molecule has 0 aliphatic rings. The lowest BCUT2D eigenvalue weighted by atomic mass is 10.2. The zero-order valence-corrected chi connectivity index (χ0v) is 11.1. The summed E-state index contributed by atoms with van der Waals surface area (Å²) in [6, 6.07) is 0. The van der Waals surface area contributed by atoms with Gasteiger partial charge in [-0.2, -0.15) is 0 Å². The number of hydrogen-bond donors (Lipinski definition) is 2. The van der Waals surface area contributed by atoms with Crippen LogP contribution in [0.1, 0.15) is 13.8 Å². The molecule has 2 aromatic heterocycles. The maximum absolute atomic E-state index is 11.9. The molecule has 0 spiro atoms. The van der Waals surface area contributed by atoms with E-state index in [1.165, 1.54) is 25.0 Å². The van der Waals surface area contributed by atoms with Crippen molar-refractivity contribution in [1.29, 1.82) is 0 Å². The highest BCUT2D eigenvalue weighted by Crippen LogP contribution is 2.04. The summed E-state index contributed by atoms with van der Waals surface area (Å²) in [5.74, 6) is 0.315. The van der Waals surface area contributed by atoms with Crippen LogP contribution >= 0.6 is 0 Å². The van der Waals surface area contributed by atoms with Crippen molar-refractivity contribution >= 4 is 11.2 Å². The number of nitrogens with two attached hydrogens (primary N) is 1. The zero-order chi connectivity index (χ0) is 13.9. The monoisotopic (exact) mass is 253 g/mol. The van der Waals surface area contributed by atoms with Crippen LogP contribution < -0.4 is 17.0 Å². The van der Waals surface area contributed by atoms with E-state index in [2.05, 4.69) is 15.7 Å². The summed E-state index contributed by atoms with van der Waals surface area (Å²) in [4.78, 5) is 30.4. The molecule has 0 atom stereocenters. The molecule has 0 fully saturated rings. The van der Waals surface area contributed by atoms with E-state index in [1.807, 2.05) is 13.8 Å². The molecule has 0 aromatic carbocycles. The van der Waals surface area contributed by atoms with Gasteiger partial charge >= 0.3 is 5.69 Å². The Morgan fingerprint density at radius 3 is 2.56 bits per heavy atom. The van der Waals surface area contributed by atoms with Crippen molar-refractivity contribution in [3.8, 4) is 0 Å². The first-order valence-electron chi connectivity index (χ1n) is 5.73. The summed E-state index contributed by atoms with van der Waals surface area (Å²) in [5.41, 5.74) is 4.65. The molecule has 0 bridgehead atoms. The molecule has 0 radical (unpaired) electrons. The highest BCUT2D eigenvalue weighted by molar-refractivity contribution is 5.68. The first kappa shape index (κ1) is 14.2. The molecule has 0 saturated heterocycles. The number of imidazole rings is 1. The quantitative estimate of drug-likeness (QED) is 0.764. The standard InChI is InChI=1S/C10H14N4O2.CH5N/c1-6(2)4-14-8-7(11-5-12-8)9(15)13(3)10(14)16;1-2/h5-6H,4H2,1-3H3,(H,11,12);2H2,1H3. The normalized spacial score (nSPS) is 10.6. The van der Waals surface area contributed by atoms with E-state index in [0.717, 1.165) is 4.57 Å². The van der Waals surface area contributed by atoms with Gasteiger partial charge in [-0.1, -0.05) is 13.8 Å². The molecule has 0 saturated carbocycles. The van der Waals surface area contributed by atoms with Gasteiger partial charge in [0.2, 0.25) is 0 Å². The first-order valence-corrected chi connectivity index (χ1v) is 5.73. The van der Waals surface area contributed by atoms with Gasteiger partial charge in [0, 0.05) is 13.6 Å². The lowest BCUT2D eigenvalue weighted by molar-refractivity contribution is 0.500. The summed E-state index contributed by atoms with van der Waals surface area (Å²) in [7, 11) is 2.97. The Hall–Kier alpha value is -1.89. The number of aromatic amines is 1. The Balaban J connectivity index is 0.000000771. The molecule has 3 N–H and O–H groups in total. The molecule has 18 heavy (non-hydrogen) atoms. The summed E-state index contributed by atoms with van der Waals surface area (Å²) in [6.07, 6.45) is 1.43. The van der Waals surface area contributed by atoms with Gasteiger partial charge in [-0.05, 0) is 13.0 Å². The number of fused-ring (bicyclic) bond motifs is 1. The van der Waals surface area contributed by atoms with Gasteiger partial charge in [0.05, 0.1) is 6.33 Å². The smallest absolute Gasteiger partial charge is 0.332 e. The Bertz CT molecular complexity index is 635. The second-order valence-corrected chi connectivity index (χ2v) is 4.25. The van der Waals surface area contributed by atoms with Crippen LogP contribution in [-0.2, 0) is 13.6 Å². The summed E-state index contributed by atoms with van der Waals surface area (Å²) >= 11 is 0. The molecule has 2 aromatic rings. The van der Waals surface area contributed by atoms with Gasteiger partial charge in [0.1, 0.15) is 5.52 Å². The highest BCUT2D eigenvalue weighted by atomic mass is 16.2. The molecule has 7 heteroatoms. The Labute approximate surface area is 104 Å². The van der Waals surface area contributed by atoms with Crippen LogP contribution in [0.15, 0.2) is 15.9 Å². The topological polar surface area (TPSA) is 98.7 Å². The van der Waals surface area contributed by atoms with E-state index in [1.54, 1.807) is 0 Å². The van der Waals surface area contributed by atoms with Crippen LogP contribution in [0.3, 0.4) is 0 Å². The fourth-order valence-electron chi connectivity index (χ4n) is 1.71. The Kier molecular flexibility index (Phi) is 4.43. The van der Waals surface area contributed by atoms with Gasteiger partial charge < -0.3 is 10.7 Å². The van der Waals surface area contributed by atoms with Crippen molar-refractivity contribution in [2.45, 2.75) is 20.4 Å². The van der Waals surface area contributed by atoms with Crippen LogP contribution in [0.4, 0.5) is 0 Å². The van der Waals surface area contributed by atoms with Gasteiger partial charge in [0.25, 0.3) is 5.56 Å². The SMILES string of the molecule is CC(C)Cn1c(=O)n(C)c(=O)c2[nH]cnc21.CN. The van der Waals surface area contributed by atoms with Crippen molar-refractivity contribution < 1.29 is 0 Å². The number of H-pyrrole nitrogens is 1. The highest BCUT2D eigenvalue weighted by Gasteiger charge is 2.13. The number of aromatic nitrogens is 4. The molecule has 2 heterocycles. The van der Waals surface area contributed by atoms with Crippen molar-refractivity contribution in [1.82, 2.24) is 19.1 Å². The zero-order valence-electron chi connectivity index (χ0n) is 11.1. The van der Waals surface area contributed by atoms with E-state index in [0.29, 0.717) is 23.6 Å². The molecule has 0 aliphatic heterocycles. The van der Waals surface area contributed by atoms with Crippen LogP contribution in [0, 0.1) is 5.92 Å². The lowest BCUT2D eigenvalue weighted by Gasteiger charge is -2.10. The maximum Gasteiger partial charge on any atom is 0.332 e. The largest absolute Gasteiger partial charge is 0.339 e. The Morgan fingerprint density at radius 1 is 1.39 bits per heavy atom. The predicted molar refractivity (Wildman–Crippen MR) is 70.5 cm³/mol. The molecular formula is C11H19N5O2. The third-order valence-electron chi connectivity index (χ3n) is 2.46. The van der Waals surface area contributed by atoms with Crippen molar-refractivity contribution in [2.75, 3.05) is 7.05 Å². The fourth-order valence-corrected chi connectivity index (χ4v) is 1.71. The molecule has 0 unspecified atom stereocenters. The van der Waals surface area contributed by atoms with Crippen molar-refractivity contribution in [3.63, 3.8) is 0 Å². The van der Waals surface area contributed by atoms with Gasteiger partial charge in [0.15, 0.2) is 5.65 Å². The van der Waals surface area contributed by atoms with E-state index in [-0.39, 0.29) is 11.2 Å². The molecule has 0 amide bonds. The first-order chi connectivity index (χ1) is 8.52. The average Bonchev–Trinajstić information content (AvgIpc) is 2.83. The summed E-state index contributed by atoms with van der Waals surface area (Å²) in [5, 5.41) is 0. The number of hydrogen-bond acceptors (Lipinski definition) is 4. The average molecular weight is 253 g/mol. The predicted octanol–water partition coefficient (Wildman–Crippen LogP) is -0.346. The van der Waals surface area contributed by atoms with Gasteiger partial charge in [-0.15, -0.1) is 0 Å². The van der Waals surface area contributed by atoms with Crippen LogP contribution in [0.25, 0.3) is 11.2 Å². The fraction of sp³-hybridized carbons (Fsp3) is 0.545. The third kappa shape index (κ3) is 2.35. The second-order valence-electron chi connectivity index (χ2n) is 4.25.